The lowest BCUT2D eigenvalue weighted by Gasteiger charge is -2.07. The minimum absolute atomic E-state index is 0.542. The average molecular weight is 346 g/mol. The van der Waals surface area contributed by atoms with Gasteiger partial charge in [0, 0.05) is 21.3 Å². The van der Waals surface area contributed by atoms with Gasteiger partial charge in [-0.3, -0.25) is 0 Å². The monoisotopic (exact) mass is 345 g/mol. The minimum Gasteiger partial charge on any atom is -0.326 e. The first kappa shape index (κ1) is 13.5. The van der Waals surface area contributed by atoms with Crippen LogP contribution in [0.1, 0.15) is 5.56 Å². The molecule has 0 aliphatic carbocycles. The molecule has 0 fully saturated rings. The number of rotatable bonds is 3. The van der Waals surface area contributed by atoms with Crippen LogP contribution in [-0.4, -0.2) is 9.97 Å². The summed E-state index contributed by atoms with van der Waals surface area (Å²) >= 11 is 5.21. The summed E-state index contributed by atoms with van der Waals surface area (Å²) in [5, 5.41) is 2.02. The molecule has 3 aromatic rings. The SMILES string of the molecule is NCc1ccc(Sc2ncnc3ccccc23)c(Br)c1. The van der Waals surface area contributed by atoms with Crippen molar-refractivity contribution in [3.8, 4) is 0 Å². The molecule has 1 heterocycles. The summed E-state index contributed by atoms with van der Waals surface area (Å²) < 4.78 is 1.04. The van der Waals surface area contributed by atoms with Crippen molar-refractivity contribution in [3.63, 3.8) is 0 Å². The van der Waals surface area contributed by atoms with Crippen molar-refractivity contribution in [1.29, 1.82) is 0 Å². The number of nitrogens with two attached hydrogens (primary N) is 1. The first-order valence-corrected chi connectivity index (χ1v) is 7.75. The maximum absolute atomic E-state index is 5.65. The van der Waals surface area contributed by atoms with E-state index in [0.29, 0.717) is 6.54 Å². The first-order valence-electron chi connectivity index (χ1n) is 6.14. The van der Waals surface area contributed by atoms with E-state index in [0.717, 1.165) is 30.9 Å². The van der Waals surface area contributed by atoms with Crippen LogP contribution in [0.3, 0.4) is 0 Å². The van der Waals surface area contributed by atoms with E-state index < -0.39 is 0 Å². The predicted molar refractivity (Wildman–Crippen MR) is 85.7 cm³/mol. The number of fused-ring (bicyclic) bond motifs is 1. The van der Waals surface area contributed by atoms with E-state index in [9.17, 15) is 0 Å². The summed E-state index contributed by atoms with van der Waals surface area (Å²) in [5.41, 5.74) is 7.71. The van der Waals surface area contributed by atoms with Crippen molar-refractivity contribution in [2.24, 2.45) is 5.73 Å². The maximum Gasteiger partial charge on any atom is 0.117 e. The van der Waals surface area contributed by atoms with Crippen LogP contribution in [0.25, 0.3) is 10.9 Å². The molecule has 0 radical (unpaired) electrons. The normalized spacial score (nSPS) is 10.9. The molecule has 1 aromatic heterocycles. The van der Waals surface area contributed by atoms with Gasteiger partial charge in [-0.1, -0.05) is 36.0 Å². The van der Waals surface area contributed by atoms with Crippen LogP contribution in [-0.2, 0) is 6.54 Å². The Kier molecular flexibility index (Phi) is 4.00. The second-order valence-electron chi connectivity index (χ2n) is 4.27. The Morgan fingerprint density at radius 3 is 2.75 bits per heavy atom. The van der Waals surface area contributed by atoms with Gasteiger partial charge in [0.15, 0.2) is 0 Å². The van der Waals surface area contributed by atoms with Gasteiger partial charge in [0.1, 0.15) is 11.4 Å². The molecule has 0 spiro atoms. The molecule has 0 aliphatic rings. The standard InChI is InChI=1S/C15H12BrN3S/c16-12-7-10(8-17)5-6-14(12)20-15-11-3-1-2-4-13(11)18-9-19-15/h1-7,9H,8,17H2. The van der Waals surface area contributed by atoms with Gasteiger partial charge in [-0.15, -0.1) is 0 Å². The predicted octanol–water partition coefficient (Wildman–Crippen LogP) is 4.00. The highest BCUT2D eigenvalue weighted by atomic mass is 79.9. The smallest absolute Gasteiger partial charge is 0.117 e. The Labute approximate surface area is 129 Å². The first-order chi connectivity index (χ1) is 9.78. The van der Waals surface area contributed by atoms with Crippen LogP contribution >= 0.6 is 27.7 Å². The summed E-state index contributed by atoms with van der Waals surface area (Å²) in [6.07, 6.45) is 1.60. The molecule has 100 valence electrons. The molecule has 0 amide bonds. The maximum atomic E-state index is 5.65. The van der Waals surface area contributed by atoms with Crippen LogP contribution < -0.4 is 5.73 Å². The van der Waals surface area contributed by atoms with E-state index >= 15 is 0 Å². The van der Waals surface area contributed by atoms with Crippen LogP contribution in [0.4, 0.5) is 0 Å². The van der Waals surface area contributed by atoms with Crippen molar-refractivity contribution in [1.82, 2.24) is 9.97 Å². The van der Waals surface area contributed by atoms with Crippen molar-refractivity contribution in [3.05, 3.63) is 58.8 Å². The second kappa shape index (κ2) is 5.91. The lowest BCUT2D eigenvalue weighted by Crippen LogP contribution is -1.96. The fraction of sp³-hybridized carbons (Fsp3) is 0.0667. The molecule has 5 heteroatoms. The molecule has 0 unspecified atom stereocenters. The van der Waals surface area contributed by atoms with Gasteiger partial charge < -0.3 is 5.73 Å². The van der Waals surface area contributed by atoms with Crippen molar-refractivity contribution in [2.75, 3.05) is 0 Å². The Morgan fingerprint density at radius 2 is 1.95 bits per heavy atom. The van der Waals surface area contributed by atoms with Crippen molar-refractivity contribution >= 4 is 38.6 Å². The van der Waals surface area contributed by atoms with Gasteiger partial charge in [0.05, 0.1) is 5.52 Å². The second-order valence-corrected chi connectivity index (χ2v) is 6.15. The van der Waals surface area contributed by atoms with E-state index in [4.69, 9.17) is 5.73 Å². The molecule has 3 rings (SSSR count). The van der Waals surface area contributed by atoms with E-state index in [2.05, 4.69) is 32.0 Å². The fourth-order valence-corrected chi connectivity index (χ4v) is 3.47. The molecule has 2 N–H and O–H groups in total. The van der Waals surface area contributed by atoms with Gasteiger partial charge in [-0.25, -0.2) is 9.97 Å². The highest BCUT2D eigenvalue weighted by Crippen LogP contribution is 2.35. The zero-order valence-corrected chi connectivity index (χ0v) is 13.0. The van der Waals surface area contributed by atoms with Gasteiger partial charge in [0.25, 0.3) is 0 Å². The highest BCUT2D eigenvalue weighted by Gasteiger charge is 2.08. The van der Waals surface area contributed by atoms with Crippen LogP contribution in [0.5, 0.6) is 0 Å². The largest absolute Gasteiger partial charge is 0.326 e. The van der Waals surface area contributed by atoms with Gasteiger partial charge >= 0.3 is 0 Å². The van der Waals surface area contributed by atoms with E-state index in [1.807, 2.05) is 36.4 Å². The van der Waals surface area contributed by atoms with Crippen molar-refractivity contribution < 1.29 is 0 Å². The number of benzene rings is 2. The minimum atomic E-state index is 0.542. The number of halogens is 1. The molecule has 3 nitrogen and oxygen atoms in total. The van der Waals surface area contributed by atoms with Gasteiger partial charge in [-0.2, -0.15) is 0 Å². The van der Waals surface area contributed by atoms with E-state index in [1.54, 1.807) is 18.1 Å². The van der Waals surface area contributed by atoms with E-state index in [1.165, 1.54) is 0 Å². The summed E-state index contributed by atoms with van der Waals surface area (Å²) in [4.78, 5) is 9.79. The Hall–Kier alpha value is -1.43. The van der Waals surface area contributed by atoms with Crippen LogP contribution in [0, 0.1) is 0 Å². The molecular formula is C15H12BrN3S. The van der Waals surface area contributed by atoms with Crippen LogP contribution in [0.2, 0.25) is 0 Å². The summed E-state index contributed by atoms with van der Waals surface area (Å²) in [7, 11) is 0. The fourth-order valence-electron chi connectivity index (χ4n) is 1.92. The summed E-state index contributed by atoms with van der Waals surface area (Å²) in [5.74, 6) is 0. The zero-order valence-electron chi connectivity index (χ0n) is 10.6. The van der Waals surface area contributed by atoms with Crippen molar-refractivity contribution in [2.45, 2.75) is 16.5 Å². The van der Waals surface area contributed by atoms with Gasteiger partial charge in [0.2, 0.25) is 0 Å². The highest BCUT2D eigenvalue weighted by molar-refractivity contribution is 9.10. The van der Waals surface area contributed by atoms with Gasteiger partial charge in [-0.05, 0) is 39.7 Å². The van der Waals surface area contributed by atoms with Crippen LogP contribution in [0.15, 0.2) is 63.2 Å². The molecule has 0 saturated heterocycles. The Bertz CT molecular complexity index is 756. The third-order valence-corrected chi connectivity index (χ3v) is 4.96. The number of hydrogen-bond donors (Lipinski definition) is 1. The average Bonchev–Trinajstić information content (AvgIpc) is 2.49. The quantitative estimate of drug-likeness (QED) is 0.729. The Morgan fingerprint density at radius 1 is 1.10 bits per heavy atom. The molecule has 0 aliphatic heterocycles. The lowest BCUT2D eigenvalue weighted by molar-refractivity contribution is 1.06. The molecule has 20 heavy (non-hydrogen) atoms. The number of nitrogens with zero attached hydrogens (tertiary/aromatic N) is 2. The Balaban J connectivity index is 2.01. The molecule has 0 saturated carbocycles. The molecule has 0 atom stereocenters. The molecule has 0 bridgehead atoms. The lowest BCUT2D eigenvalue weighted by atomic mass is 10.2. The number of para-hydroxylation sites is 1. The zero-order chi connectivity index (χ0) is 13.9. The number of aromatic nitrogens is 2. The summed E-state index contributed by atoms with van der Waals surface area (Å²) in [6.45, 7) is 0.542. The summed E-state index contributed by atoms with van der Waals surface area (Å²) in [6, 6.07) is 14.2. The third kappa shape index (κ3) is 2.70. The molecular weight excluding hydrogens is 334 g/mol. The van der Waals surface area contributed by atoms with E-state index in [-0.39, 0.29) is 0 Å². The third-order valence-electron chi connectivity index (χ3n) is 2.94. The topological polar surface area (TPSA) is 51.8 Å². The molecule has 2 aromatic carbocycles. The number of hydrogen-bond acceptors (Lipinski definition) is 4.